The van der Waals surface area contributed by atoms with Crippen LogP contribution in [-0.4, -0.2) is 4.98 Å². The van der Waals surface area contributed by atoms with Crippen LogP contribution in [0.5, 0.6) is 0 Å². The molecule has 1 aromatic rings. The highest BCUT2D eigenvalue weighted by Gasteiger charge is 2.00. The fourth-order valence-corrected chi connectivity index (χ4v) is 0.869. The number of hydrogen-bond acceptors (Lipinski definition) is 2. The smallest absolute Gasteiger partial charge is 0.113 e. The second-order valence-electron chi connectivity index (χ2n) is 2.38. The molecule has 0 aliphatic heterocycles. The highest BCUT2D eigenvalue weighted by atomic mass is 14.7. The van der Waals surface area contributed by atoms with Gasteiger partial charge in [-0.25, -0.2) is 4.98 Å². The summed E-state index contributed by atoms with van der Waals surface area (Å²) in [7, 11) is 0. The van der Waals surface area contributed by atoms with E-state index in [0.29, 0.717) is 5.69 Å². The second kappa shape index (κ2) is 3.70. The van der Waals surface area contributed by atoms with Crippen molar-refractivity contribution >= 4 is 0 Å². The number of rotatable bonds is 2. The molecule has 0 spiro atoms. The van der Waals surface area contributed by atoms with Crippen molar-refractivity contribution in [2.45, 2.75) is 6.04 Å². The summed E-state index contributed by atoms with van der Waals surface area (Å²) in [6.45, 7) is 3.60. The van der Waals surface area contributed by atoms with Crippen LogP contribution in [0, 0.1) is 12.3 Å². The minimum Gasteiger partial charge on any atom is -0.321 e. The van der Waals surface area contributed by atoms with E-state index in [0.717, 1.165) is 5.56 Å². The van der Waals surface area contributed by atoms with Crippen LogP contribution in [0.2, 0.25) is 0 Å². The summed E-state index contributed by atoms with van der Waals surface area (Å²) in [5.41, 5.74) is 7.24. The fourth-order valence-electron chi connectivity index (χ4n) is 0.869. The van der Waals surface area contributed by atoms with Gasteiger partial charge in [-0.15, -0.1) is 13.0 Å². The van der Waals surface area contributed by atoms with Gasteiger partial charge in [0.1, 0.15) is 5.69 Å². The zero-order valence-electron chi connectivity index (χ0n) is 6.70. The van der Waals surface area contributed by atoms with Gasteiger partial charge in [-0.2, -0.15) is 0 Å². The van der Waals surface area contributed by atoms with E-state index < -0.39 is 0 Å². The molecule has 0 fully saturated rings. The van der Waals surface area contributed by atoms with Gasteiger partial charge in [0.15, 0.2) is 0 Å². The summed E-state index contributed by atoms with van der Waals surface area (Å²) < 4.78 is 0. The monoisotopic (exact) mass is 158 g/mol. The van der Waals surface area contributed by atoms with E-state index in [1.54, 1.807) is 18.3 Å². The summed E-state index contributed by atoms with van der Waals surface area (Å²) in [6, 6.07) is 3.44. The molecule has 60 valence electrons. The minimum atomic E-state index is -0.167. The summed E-state index contributed by atoms with van der Waals surface area (Å²) in [5.74, 6) is 2.45. The summed E-state index contributed by atoms with van der Waals surface area (Å²) in [6.07, 6.45) is 8.49. The number of hydrogen-bond donors (Lipinski definition) is 1. The van der Waals surface area contributed by atoms with Gasteiger partial charge in [-0.3, -0.25) is 0 Å². The largest absolute Gasteiger partial charge is 0.321 e. The van der Waals surface area contributed by atoms with Crippen LogP contribution < -0.4 is 5.73 Å². The molecule has 0 aliphatic rings. The Bertz CT molecular complexity index is 323. The van der Waals surface area contributed by atoms with Gasteiger partial charge in [0.05, 0.1) is 0 Å². The molecule has 0 aromatic carbocycles. The van der Waals surface area contributed by atoms with Crippen LogP contribution >= 0.6 is 0 Å². The molecule has 0 aliphatic carbocycles. The molecule has 0 saturated heterocycles. The Kier molecular flexibility index (Phi) is 2.62. The fraction of sp³-hybridized carbons (Fsp3) is 0.100. The molecular formula is C10H10N2. The van der Waals surface area contributed by atoms with E-state index in [-0.39, 0.29) is 6.04 Å². The number of aromatic nitrogens is 1. The highest BCUT2D eigenvalue weighted by molar-refractivity contribution is 5.31. The number of nitrogens with zero attached hydrogens (tertiary/aromatic N) is 1. The third-order valence-corrected chi connectivity index (χ3v) is 1.57. The van der Waals surface area contributed by atoms with Crippen LogP contribution in [0.25, 0.3) is 0 Å². The zero-order chi connectivity index (χ0) is 8.97. The van der Waals surface area contributed by atoms with Gasteiger partial charge in [0.2, 0.25) is 0 Å². The van der Waals surface area contributed by atoms with E-state index >= 15 is 0 Å². The Morgan fingerprint density at radius 1 is 1.75 bits per heavy atom. The number of pyridine rings is 1. The molecule has 0 radical (unpaired) electrons. The molecule has 0 bridgehead atoms. The van der Waals surface area contributed by atoms with Gasteiger partial charge < -0.3 is 5.73 Å². The quantitative estimate of drug-likeness (QED) is 0.519. The Labute approximate surface area is 72.1 Å². The normalized spacial score (nSPS) is 11.7. The first-order chi connectivity index (χ1) is 5.77. The van der Waals surface area contributed by atoms with Crippen LogP contribution in [0.4, 0.5) is 0 Å². The van der Waals surface area contributed by atoms with Crippen LogP contribution in [0.1, 0.15) is 17.3 Å². The van der Waals surface area contributed by atoms with E-state index in [1.807, 2.05) is 6.07 Å². The van der Waals surface area contributed by atoms with Crippen molar-refractivity contribution in [3.63, 3.8) is 0 Å². The Hall–Kier alpha value is -1.59. The minimum absolute atomic E-state index is 0.167. The van der Waals surface area contributed by atoms with Gasteiger partial charge >= 0.3 is 0 Å². The molecule has 1 atom stereocenters. The first kappa shape index (κ1) is 8.51. The van der Waals surface area contributed by atoms with Crippen LogP contribution in [0.3, 0.4) is 0 Å². The predicted molar refractivity (Wildman–Crippen MR) is 49.3 cm³/mol. The molecule has 2 nitrogen and oxygen atoms in total. The van der Waals surface area contributed by atoms with E-state index in [4.69, 9.17) is 12.2 Å². The van der Waals surface area contributed by atoms with E-state index in [2.05, 4.69) is 17.5 Å². The molecule has 0 unspecified atom stereocenters. The lowest BCUT2D eigenvalue weighted by Crippen LogP contribution is -2.06. The third kappa shape index (κ3) is 1.71. The molecule has 1 heterocycles. The highest BCUT2D eigenvalue weighted by Crippen LogP contribution is 2.10. The lowest BCUT2D eigenvalue weighted by atomic mass is 10.1. The van der Waals surface area contributed by atoms with Crippen molar-refractivity contribution in [1.29, 1.82) is 0 Å². The Morgan fingerprint density at radius 3 is 3.08 bits per heavy atom. The molecule has 1 rings (SSSR count). The van der Waals surface area contributed by atoms with Crippen molar-refractivity contribution in [2.75, 3.05) is 0 Å². The predicted octanol–water partition coefficient (Wildman–Crippen LogP) is 1.25. The maximum atomic E-state index is 5.70. The van der Waals surface area contributed by atoms with E-state index in [9.17, 15) is 0 Å². The van der Waals surface area contributed by atoms with Gasteiger partial charge in [-0.05, 0) is 17.7 Å². The van der Waals surface area contributed by atoms with Gasteiger partial charge in [-0.1, -0.05) is 12.0 Å². The Morgan fingerprint density at radius 2 is 2.50 bits per heavy atom. The van der Waals surface area contributed by atoms with Gasteiger partial charge in [0, 0.05) is 12.2 Å². The van der Waals surface area contributed by atoms with Gasteiger partial charge in [0.25, 0.3) is 0 Å². The lowest BCUT2D eigenvalue weighted by Gasteiger charge is -2.05. The average molecular weight is 158 g/mol. The molecule has 1 aromatic heterocycles. The van der Waals surface area contributed by atoms with Crippen molar-refractivity contribution in [1.82, 2.24) is 4.98 Å². The van der Waals surface area contributed by atoms with Crippen molar-refractivity contribution in [3.8, 4) is 12.3 Å². The van der Waals surface area contributed by atoms with Crippen LogP contribution in [-0.2, 0) is 0 Å². The SMILES string of the molecule is C#Cc1cc([C@H](N)C=C)ccn1. The molecule has 0 saturated carbocycles. The summed E-state index contributed by atoms with van der Waals surface area (Å²) >= 11 is 0. The maximum absolute atomic E-state index is 5.70. The third-order valence-electron chi connectivity index (χ3n) is 1.57. The summed E-state index contributed by atoms with van der Waals surface area (Å²) in [5, 5.41) is 0. The summed E-state index contributed by atoms with van der Waals surface area (Å²) in [4.78, 5) is 3.95. The van der Waals surface area contributed by atoms with Crippen molar-refractivity contribution in [2.24, 2.45) is 5.73 Å². The molecule has 0 amide bonds. The Balaban J connectivity index is 3.03. The van der Waals surface area contributed by atoms with Crippen LogP contribution in [0.15, 0.2) is 31.0 Å². The second-order valence-corrected chi connectivity index (χ2v) is 2.38. The first-order valence-corrected chi connectivity index (χ1v) is 3.58. The molecule has 12 heavy (non-hydrogen) atoms. The van der Waals surface area contributed by atoms with E-state index in [1.165, 1.54) is 0 Å². The first-order valence-electron chi connectivity index (χ1n) is 3.58. The molecule has 2 N–H and O–H groups in total. The van der Waals surface area contributed by atoms with Crippen molar-refractivity contribution in [3.05, 3.63) is 42.2 Å². The lowest BCUT2D eigenvalue weighted by molar-refractivity contribution is 0.908. The number of nitrogens with two attached hydrogens (primary N) is 1. The number of terminal acetylenes is 1. The average Bonchev–Trinajstić information content (AvgIpc) is 2.17. The van der Waals surface area contributed by atoms with Crippen molar-refractivity contribution < 1.29 is 0 Å². The standard InChI is InChI=1S/C10H10N2/c1-3-9-7-8(5-6-12-9)10(11)4-2/h1,4-7,10H,2,11H2/t10-/m1/s1. The zero-order valence-corrected chi connectivity index (χ0v) is 6.70. The molecule has 2 heteroatoms. The topological polar surface area (TPSA) is 38.9 Å². The maximum Gasteiger partial charge on any atom is 0.113 e. The molecular weight excluding hydrogens is 148 g/mol.